The van der Waals surface area contributed by atoms with Gasteiger partial charge in [0.2, 0.25) is 0 Å². The molecule has 3 nitrogen and oxygen atoms in total. The first-order chi connectivity index (χ1) is 7.27. The second-order valence-corrected chi connectivity index (χ2v) is 3.40. The number of hydrogen-bond donors (Lipinski definition) is 1. The average Bonchev–Trinajstić information content (AvgIpc) is 2.27. The summed E-state index contributed by atoms with van der Waals surface area (Å²) in [5.74, 6) is 0.837. The molecule has 1 unspecified atom stereocenters. The molecule has 0 aliphatic rings. The van der Waals surface area contributed by atoms with E-state index in [0.717, 1.165) is 12.3 Å². The zero-order chi connectivity index (χ0) is 11.1. The van der Waals surface area contributed by atoms with Crippen LogP contribution in [0.3, 0.4) is 0 Å². The first-order valence-electron chi connectivity index (χ1n) is 5.23. The molecule has 1 aromatic rings. The fourth-order valence-corrected chi connectivity index (χ4v) is 1.40. The second-order valence-electron chi connectivity index (χ2n) is 3.40. The molecule has 1 rings (SSSR count). The summed E-state index contributed by atoms with van der Waals surface area (Å²) >= 11 is 0. The lowest BCUT2D eigenvalue weighted by atomic mass is 10.1. The lowest BCUT2D eigenvalue weighted by Gasteiger charge is -2.13. The highest BCUT2D eigenvalue weighted by Gasteiger charge is 2.02. The van der Waals surface area contributed by atoms with Gasteiger partial charge in [0.15, 0.2) is 6.79 Å². The molecule has 0 heterocycles. The molecule has 15 heavy (non-hydrogen) atoms. The normalized spacial score (nSPS) is 12.5. The third-order valence-electron chi connectivity index (χ3n) is 2.23. The Labute approximate surface area is 91.4 Å². The van der Waals surface area contributed by atoms with E-state index in [4.69, 9.17) is 9.47 Å². The van der Waals surface area contributed by atoms with E-state index in [1.807, 2.05) is 12.1 Å². The van der Waals surface area contributed by atoms with Gasteiger partial charge < -0.3 is 14.8 Å². The molecule has 0 saturated carbocycles. The Hall–Kier alpha value is -1.06. The van der Waals surface area contributed by atoms with Gasteiger partial charge >= 0.3 is 0 Å². The van der Waals surface area contributed by atoms with E-state index in [0.29, 0.717) is 12.8 Å². The number of rotatable bonds is 6. The van der Waals surface area contributed by atoms with Crippen LogP contribution < -0.4 is 10.1 Å². The maximum absolute atomic E-state index is 5.31. The second kappa shape index (κ2) is 6.43. The molecule has 84 valence electrons. The van der Waals surface area contributed by atoms with Gasteiger partial charge in [0, 0.05) is 13.2 Å². The van der Waals surface area contributed by atoms with Crippen molar-refractivity contribution in [3.05, 3.63) is 29.8 Å². The largest absolute Gasteiger partial charge is 0.468 e. The maximum atomic E-state index is 5.31. The van der Waals surface area contributed by atoms with E-state index < -0.39 is 0 Å². The van der Waals surface area contributed by atoms with Crippen molar-refractivity contribution in [1.82, 2.24) is 5.32 Å². The van der Waals surface area contributed by atoms with E-state index in [-0.39, 0.29) is 0 Å². The molecule has 0 spiro atoms. The summed E-state index contributed by atoms with van der Waals surface area (Å²) < 4.78 is 10.1. The van der Waals surface area contributed by atoms with Gasteiger partial charge in [-0.15, -0.1) is 0 Å². The summed E-state index contributed by atoms with van der Waals surface area (Å²) in [6.45, 7) is 5.52. The van der Waals surface area contributed by atoms with Crippen molar-refractivity contribution in [3.8, 4) is 5.75 Å². The smallest absolute Gasteiger partial charge is 0.188 e. The number of benzene rings is 1. The first-order valence-corrected chi connectivity index (χ1v) is 5.23. The fraction of sp³-hybridized carbons (Fsp3) is 0.500. The summed E-state index contributed by atoms with van der Waals surface area (Å²) in [5, 5.41) is 3.36. The summed E-state index contributed by atoms with van der Waals surface area (Å²) in [6.07, 6.45) is 0. The molecular weight excluding hydrogens is 190 g/mol. The van der Waals surface area contributed by atoms with Crippen molar-refractivity contribution in [2.45, 2.75) is 19.9 Å². The lowest BCUT2D eigenvalue weighted by Crippen LogP contribution is -2.17. The topological polar surface area (TPSA) is 30.5 Å². The van der Waals surface area contributed by atoms with Crippen LogP contribution in [0.25, 0.3) is 0 Å². The molecule has 0 aromatic heterocycles. The Morgan fingerprint density at radius 3 is 2.47 bits per heavy atom. The van der Waals surface area contributed by atoms with Gasteiger partial charge in [-0.3, -0.25) is 0 Å². The van der Waals surface area contributed by atoms with Crippen LogP contribution in [0.5, 0.6) is 5.75 Å². The van der Waals surface area contributed by atoms with Crippen LogP contribution in [0.2, 0.25) is 0 Å². The molecule has 0 saturated heterocycles. The van der Waals surface area contributed by atoms with Gasteiger partial charge in [-0.25, -0.2) is 0 Å². The van der Waals surface area contributed by atoms with Crippen molar-refractivity contribution in [3.63, 3.8) is 0 Å². The van der Waals surface area contributed by atoms with E-state index in [2.05, 4.69) is 31.3 Å². The van der Waals surface area contributed by atoms with Crippen LogP contribution in [0.1, 0.15) is 25.5 Å². The number of nitrogens with one attached hydrogen (secondary N) is 1. The van der Waals surface area contributed by atoms with Crippen LogP contribution in [-0.2, 0) is 4.74 Å². The van der Waals surface area contributed by atoms with E-state index in [1.54, 1.807) is 7.11 Å². The number of ether oxygens (including phenoxy) is 2. The van der Waals surface area contributed by atoms with Crippen molar-refractivity contribution in [2.75, 3.05) is 20.4 Å². The van der Waals surface area contributed by atoms with Crippen LogP contribution in [0.15, 0.2) is 24.3 Å². The lowest BCUT2D eigenvalue weighted by molar-refractivity contribution is 0.0511. The SMILES string of the molecule is CCNC(C)c1ccc(OCOC)cc1. The highest BCUT2D eigenvalue weighted by molar-refractivity contribution is 5.28. The number of methoxy groups -OCH3 is 1. The van der Waals surface area contributed by atoms with Crippen molar-refractivity contribution in [1.29, 1.82) is 0 Å². The third kappa shape index (κ3) is 3.90. The summed E-state index contributed by atoms with van der Waals surface area (Å²) in [4.78, 5) is 0. The zero-order valence-electron chi connectivity index (χ0n) is 9.62. The van der Waals surface area contributed by atoms with Crippen molar-refractivity contribution < 1.29 is 9.47 Å². The molecule has 0 fully saturated rings. The molecule has 1 atom stereocenters. The number of hydrogen-bond acceptors (Lipinski definition) is 3. The zero-order valence-corrected chi connectivity index (χ0v) is 9.62. The standard InChI is InChI=1S/C12H19NO2/c1-4-13-10(2)11-5-7-12(8-6-11)15-9-14-3/h5-8,10,13H,4,9H2,1-3H3. The molecule has 0 aliphatic heterocycles. The molecule has 0 amide bonds. The summed E-state index contributed by atoms with van der Waals surface area (Å²) in [5.41, 5.74) is 1.27. The molecular formula is C12H19NO2. The summed E-state index contributed by atoms with van der Waals surface area (Å²) in [7, 11) is 1.61. The molecule has 0 bridgehead atoms. The Morgan fingerprint density at radius 2 is 1.93 bits per heavy atom. The van der Waals surface area contributed by atoms with Crippen LogP contribution in [-0.4, -0.2) is 20.4 Å². The van der Waals surface area contributed by atoms with Crippen LogP contribution in [0.4, 0.5) is 0 Å². The van der Waals surface area contributed by atoms with Gasteiger partial charge in [0.05, 0.1) is 0 Å². The highest BCUT2D eigenvalue weighted by atomic mass is 16.7. The minimum Gasteiger partial charge on any atom is -0.468 e. The maximum Gasteiger partial charge on any atom is 0.188 e. The monoisotopic (exact) mass is 209 g/mol. The van der Waals surface area contributed by atoms with E-state index >= 15 is 0 Å². The Bertz CT molecular complexity index is 271. The van der Waals surface area contributed by atoms with Gasteiger partial charge in [-0.1, -0.05) is 19.1 Å². The van der Waals surface area contributed by atoms with Crippen molar-refractivity contribution >= 4 is 0 Å². The van der Waals surface area contributed by atoms with Gasteiger partial charge in [0.1, 0.15) is 5.75 Å². The quantitative estimate of drug-likeness (QED) is 0.729. The van der Waals surface area contributed by atoms with Crippen LogP contribution in [0, 0.1) is 0 Å². The first kappa shape index (κ1) is 12.0. The molecule has 1 N–H and O–H groups in total. The molecule has 3 heteroatoms. The molecule has 0 aliphatic carbocycles. The minimum absolute atomic E-state index is 0.294. The predicted molar refractivity (Wildman–Crippen MR) is 61.0 cm³/mol. The van der Waals surface area contributed by atoms with Gasteiger partial charge in [-0.05, 0) is 31.2 Å². The highest BCUT2D eigenvalue weighted by Crippen LogP contribution is 2.17. The molecule has 0 radical (unpaired) electrons. The average molecular weight is 209 g/mol. The van der Waals surface area contributed by atoms with E-state index in [1.165, 1.54) is 5.56 Å². The Morgan fingerprint density at radius 1 is 1.27 bits per heavy atom. The third-order valence-corrected chi connectivity index (χ3v) is 2.23. The minimum atomic E-state index is 0.294. The summed E-state index contributed by atoms with van der Waals surface area (Å²) in [6, 6.07) is 8.44. The Balaban J connectivity index is 2.55. The van der Waals surface area contributed by atoms with E-state index in [9.17, 15) is 0 Å². The fourth-order valence-electron chi connectivity index (χ4n) is 1.40. The van der Waals surface area contributed by atoms with Gasteiger partial charge in [0.25, 0.3) is 0 Å². The molecule has 1 aromatic carbocycles. The van der Waals surface area contributed by atoms with Crippen molar-refractivity contribution in [2.24, 2.45) is 0 Å². The Kier molecular flexibility index (Phi) is 5.15. The van der Waals surface area contributed by atoms with Crippen LogP contribution >= 0.6 is 0 Å². The van der Waals surface area contributed by atoms with Gasteiger partial charge in [-0.2, -0.15) is 0 Å². The predicted octanol–water partition coefficient (Wildman–Crippen LogP) is 2.34.